The maximum absolute atomic E-state index is 11.9. The number of hydrogen-bond acceptors (Lipinski definition) is 5. The number of carbonyl (C=O) groups excluding carboxylic acids is 1. The van der Waals surface area contributed by atoms with Gasteiger partial charge >= 0.3 is 0 Å². The number of fused-ring (bicyclic) bond motifs is 1. The van der Waals surface area contributed by atoms with E-state index in [0.717, 1.165) is 12.8 Å². The number of rotatable bonds is 1. The van der Waals surface area contributed by atoms with Gasteiger partial charge < -0.3 is 9.64 Å². The Morgan fingerprint density at radius 3 is 2.89 bits per heavy atom. The Kier molecular flexibility index (Phi) is 3.34. The lowest BCUT2D eigenvalue weighted by atomic mass is 10.2. The summed E-state index contributed by atoms with van der Waals surface area (Å²) in [4.78, 5) is 17.9. The van der Waals surface area contributed by atoms with Crippen LogP contribution in [0.5, 0.6) is 0 Å². The fourth-order valence-corrected chi connectivity index (χ4v) is 6.68. The van der Waals surface area contributed by atoms with Gasteiger partial charge in [-0.2, -0.15) is 4.99 Å². The van der Waals surface area contributed by atoms with Crippen molar-refractivity contribution in [1.82, 2.24) is 4.90 Å². The Morgan fingerprint density at radius 2 is 2.26 bits per heavy atom. The van der Waals surface area contributed by atoms with Crippen molar-refractivity contribution >= 4 is 32.7 Å². The van der Waals surface area contributed by atoms with Crippen molar-refractivity contribution < 1.29 is 17.9 Å². The molecule has 3 aliphatic rings. The summed E-state index contributed by atoms with van der Waals surface area (Å²) in [5.41, 5.74) is 0. The van der Waals surface area contributed by atoms with Crippen LogP contribution >= 0.6 is 11.8 Å². The number of hydrogen-bond donors (Lipinski definition) is 0. The van der Waals surface area contributed by atoms with Crippen LogP contribution in [0.2, 0.25) is 0 Å². The number of thioether (sulfide) groups is 1. The maximum atomic E-state index is 11.9. The standard InChI is InChI=1S/C11H16N2O4S2/c1-13-7-5-19(15,16)6-9(7)18-11(13)12-10(14)8-3-2-4-17-8/h7-9H,2-6H2,1H3/t7-,8-,9-/m0/s1. The van der Waals surface area contributed by atoms with Gasteiger partial charge in [-0.3, -0.25) is 4.79 Å². The van der Waals surface area contributed by atoms with Crippen LogP contribution in [-0.4, -0.2) is 66.9 Å². The molecule has 8 heteroatoms. The molecule has 0 aromatic heterocycles. The first-order valence-electron chi connectivity index (χ1n) is 6.30. The summed E-state index contributed by atoms with van der Waals surface area (Å²) in [6, 6.07) is -0.0500. The molecule has 0 unspecified atom stereocenters. The molecule has 3 fully saturated rings. The average Bonchev–Trinajstić information content (AvgIpc) is 2.99. The van der Waals surface area contributed by atoms with E-state index in [4.69, 9.17) is 4.74 Å². The second-order valence-electron chi connectivity index (χ2n) is 5.15. The maximum Gasteiger partial charge on any atom is 0.277 e. The van der Waals surface area contributed by atoms with Crippen LogP contribution < -0.4 is 0 Å². The zero-order valence-electron chi connectivity index (χ0n) is 10.6. The van der Waals surface area contributed by atoms with Crippen molar-refractivity contribution in [3.63, 3.8) is 0 Å². The molecule has 6 nitrogen and oxygen atoms in total. The summed E-state index contributed by atoms with van der Waals surface area (Å²) in [7, 11) is -1.13. The highest BCUT2D eigenvalue weighted by Crippen LogP contribution is 2.37. The van der Waals surface area contributed by atoms with Crippen molar-refractivity contribution in [2.24, 2.45) is 4.99 Å². The van der Waals surface area contributed by atoms with E-state index in [1.54, 1.807) is 7.05 Å². The number of nitrogens with zero attached hydrogens (tertiary/aromatic N) is 2. The van der Waals surface area contributed by atoms with Gasteiger partial charge in [0, 0.05) is 18.9 Å². The Bertz CT molecular complexity index is 525. The first-order valence-corrected chi connectivity index (χ1v) is 9.00. The van der Waals surface area contributed by atoms with Gasteiger partial charge in [-0.25, -0.2) is 8.42 Å². The van der Waals surface area contributed by atoms with Crippen LogP contribution in [0.15, 0.2) is 4.99 Å². The Balaban J connectivity index is 1.73. The lowest BCUT2D eigenvalue weighted by molar-refractivity contribution is -0.126. The first kappa shape index (κ1) is 13.4. The number of carbonyl (C=O) groups is 1. The summed E-state index contributed by atoms with van der Waals surface area (Å²) >= 11 is 1.40. The molecule has 0 aromatic rings. The van der Waals surface area contributed by atoms with E-state index in [0.29, 0.717) is 11.8 Å². The molecule has 0 bridgehead atoms. The quantitative estimate of drug-likeness (QED) is 0.673. The Labute approximate surface area is 116 Å². The van der Waals surface area contributed by atoms with Crippen LogP contribution in [0.25, 0.3) is 0 Å². The Morgan fingerprint density at radius 1 is 1.47 bits per heavy atom. The monoisotopic (exact) mass is 304 g/mol. The minimum absolute atomic E-state index is 0.00560. The number of ether oxygens (including phenoxy) is 1. The molecule has 0 N–H and O–H groups in total. The van der Waals surface area contributed by atoms with Crippen LogP contribution in [0.4, 0.5) is 0 Å². The van der Waals surface area contributed by atoms with Gasteiger partial charge in [0.05, 0.1) is 17.5 Å². The van der Waals surface area contributed by atoms with E-state index in [1.807, 2.05) is 4.90 Å². The van der Waals surface area contributed by atoms with Gasteiger partial charge in [0.15, 0.2) is 15.0 Å². The lowest BCUT2D eigenvalue weighted by Crippen LogP contribution is -2.34. The fourth-order valence-electron chi connectivity index (χ4n) is 2.67. The van der Waals surface area contributed by atoms with E-state index >= 15 is 0 Å². The molecule has 3 atom stereocenters. The molecular formula is C11H16N2O4S2. The van der Waals surface area contributed by atoms with E-state index in [2.05, 4.69) is 4.99 Å². The minimum Gasteiger partial charge on any atom is -0.368 e. The van der Waals surface area contributed by atoms with Gasteiger partial charge in [-0.05, 0) is 12.8 Å². The van der Waals surface area contributed by atoms with E-state index in [1.165, 1.54) is 11.8 Å². The third-order valence-corrected chi connectivity index (χ3v) is 7.04. The van der Waals surface area contributed by atoms with Gasteiger partial charge in [0.1, 0.15) is 6.10 Å². The number of amides is 1. The number of amidine groups is 1. The average molecular weight is 304 g/mol. The number of aliphatic imine (C=N–C) groups is 1. The summed E-state index contributed by atoms with van der Waals surface area (Å²) in [5, 5.41) is 0.636. The van der Waals surface area contributed by atoms with Gasteiger partial charge in [0.25, 0.3) is 5.91 Å². The molecule has 3 aliphatic heterocycles. The molecule has 3 saturated heterocycles. The summed E-state index contributed by atoms with van der Waals surface area (Å²) in [6.07, 6.45) is 1.21. The predicted octanol–water partition coefficient (Wildman–Crippen LogP) is -0.108. The highest BCUT2D eigenvalue weighted by atomic mass is 32.2. The lowest BCUT2D eigenvalue weighted by Gasteiger charge is -2.18. The molecule has 19 heavy (non-hydrogen) atoms. The SMILES string of the molecule is CN1C(=NC(=O)[C@@H]2CCCO2)S[C@H]2CS(=O)(=O)C[C@@H]21. The van der Waals surface area contributed by atoms with Gasteiger partial charge in [-0.1, -0.05) is 11.8 Å². The van der Waals surface area contributed by atoms with Crippen LogP contribution in [-0.2, 0) is 19.4 Å². The molecule has 0 aromatic carbocycles. The highest BCUT2D eigenvalue weighted by molar-refractivity contribution is 8.15. The normalized spacial score (nSPS) is 38.9. The highest BCUT2D eigenvalue weighted by Gasteiger charge is 2.47. The number of sulfone groups is 1. The molecule has 3 heterocycles. The second kappa shape index (κ2) is 4.75. The third kappa shape index (κ3) is 2.53. The van der Waals surface area contributed by atoms with Crippen LogP contribution in [0.1, 0.15) is 12.8 Å². The molecule has 0 spiro atoms. The molecule has 3 rings (SSSR count). The van der Waals surface area contributed by atoms with E-state index in [-0.39, 0.29) is 28.7 Å². The first-order chi connectivity index (χ1) is 8.96. The largest absolute Gasteiger partial charge is 0.368 e. The van der Waals surface area contributed by atoms with Crippen molar-refractivity contribution in [3.05, 3.63) is 0 Å². The van der Waals surface area contributed by atoms with Crippen molar-refractivity contribution in [2.75, 3.05) is 25.2 Å². The van der Waals surface area contributed by atoms with E-state index < -0.39 is 15.9 Å². The predicted molar refractivity (Wildman–Crippen MR) is 73.0 cm³/mol. The summed E-state index contributed by atoms with van der Waals surface area (Å²) in [6.45, 7) is 0.619. The Hall–Kier alpha value is -0.600. The zero-order chi connectivity index (χ0) is 13.6. The van der Waals surface area contributed by atoms with Crippen molar-refractivity contribution in [2.45, 2.75) is 30.2 Å². The molecule has 1 amide bonds. The fraction of sp³-hybridized carbons (Fsp3) is 0.818. The summed E-state index contributed by atoms with van der Waals surface area (Å²) < 4.78 is 28.4. The zero-order valence-corrected chi connectivity index (χ0v) is 12.2. The third-order valence-electron chi connectivity index (χ3n) is 3.74. The van der Waals surface area contributed by atoms with Crippen LogP contribution in [0.3, 0.4) is 0 Å². The van der Waals surface area contributed by atoms with Crippen molar-refractivity contribution in [1.29, 1.82) is 0 Å². The van der Waals surface area contributed by atoms with Crippen molar-refractivity contribution in [3.8, 4) is 0 Å². The molecule has 0 saturated carbocycles. The molecule has 0 aliphatic carbocycles. The van der Waals surface area contributed by atoms with E-state index in [9.17, 15) is 13.2 Å². The van der Waals surface area contributed by atoms with Gasteiger partial charge in [0.2, 0.25) is 0 Å². The smallest absolute Gasteiger partial charge is 0.277 e. The molecular weight excluding hydrogens is 288 g/mol. The summed E-state index contributed by atoms with van der Waals surface area (Å²) in [5.74, 6) is 0.100. The second-order valence-corrected chi connectivity index (χ2v) is 8.51. The minimum atomic E-state index is -2.93. The topological polar surface area (TPSA) is 76.0 Å². The van der Waals surface area contributed by atoms with Gasteiger partial charge in [-0.15, -0.1) is 0 Å². The molecule has 0 radical (unpaired) electrons. The molecule has 106 valence electrons. The van der Waals surface area contributed by atoms with Crippen LogP contribution in [0, 0.1) is 0 Å².